The van der Waals surface area contributed by atoms with Crippen molar-refractivity contribution >= 4 is 0 Å². The molecule has 0 unspecified atom stereocenters. The molecule has 0 aromatic heterocycles. The second kappa shape index (κ2) is 3.44. The number of rotatable bonds is 3. The summed E-state index contributed by atoms with van der Waals surface area (Å²) >= 11 is -4.77. The maximum atomic E-state index is 10.1. The molecule has 0 saturated heterocycles. The molecule has 0 fully saturated rings. The van der Waals surface area contributed by atoms with E-state index in [1.807, 2.05) is 13.8 Å². The summed E-state index contributed by atoms with van der Waals surface area (Å²) in [4.78, 5) is 0. The van der Waals surface area contributed by atoms with E-state index in [1.165, 1.54) is 0 Å². The minimum atomic E-state index is -4.77. The van der Waals surface area contributed by atoms with Crippen molar-refractivity contribution in [1.82, 2.24) is 0 Å². The predicted octanol–water partition coefficient (Wildman–Crippen LogP) is -0.112. The zero-order valence-electron chi connectivity index (χ0n) is 5.44. The van der Waals surface area contributed by atoms with Crippen molar-refractivity contribution in [2.24, 2.45) is 5.92 Å². The average molecular weight is 174 g/mol. The van der Waals surface area contributed by atoms with E-state index in [-0.39, 0.29) is 12.5 Å². The molecule has 0 aromatic carbocycles. The summed E-state index contributed by atoms with van der Waals surface area (Å²) < 4.78 is 30.7. The predicted molar refractivity (Wildman–Crippen MR) is 25.9 cm³/mol. The van der Waals surface area contributed by atoms with Gasteiger partial charge in [0.1, 0.15) is 0 Å². The van der Waals surface area contributed by atoms with Crippen LogP contribution in [0.2, 0.25) is 0 Å². The molecule has 0 aliphatic carbocycles. The van der Waals surface area contributed by atoms with Gasteiger partial charge in [0.25, 0.3) is 0 Å². The van der Waals surface area contributed by atoms with Gasteiger partial charge in [-0.15, -0.1) is 0 Å². The molecule has 2 N–H and O–H groups in total. The Kier molecular flexibility index (Phi) is 3.54. The number of hydrogen-bond donors (Lipinski definition) is 2. The molecule has 5 heteroatoms. The summed E-state index contributed by atoms with van der Waals surface area (Å²) in [5, 5.41) is 0. The van der Waals surface area contributed by atoms with Crippen LogP contribution >= 0.6 is 0 Å². The summed E-state index contributed by atoms with van der Waals surface area (Å²) in [7, 11) is 0. The van der Waals surface area contributed by atoms with Gasteiger partial charge in [0, 0.05) is 0 Å². The van der Waals surface area contributed by atoms with Crippen LogP contribution in [0.25, 0.3) is 0 Å². The summed E-state index contributed by atoms with van der Waals surface area (Å²) in [5.74, 6) is 0.166. The Morgan fingerprint density at radius 2 is 2.00 bits per heavy atom. The van der Waals surface area contributed by atoms with Crippen molar-refractivity contribution in [2.45, 2.75) is 13.8 Å². The molecule has 0 bridgehead atoms. The van der Waals surface area contributed by atoms with Crippen molar-refractivity contribution in [3.05, 3.63) is 0 Å². The summed E-state index contributed by atoms with van der Waals surface area (Å²) in [6.07, 6.45) is 0. The van der Waals surface area contributed by atoms with Crippen LogP contribution < -0.4 is 0 Å². The molecule has 0 atom stereocenters. The van der Waals surface area contributed by atoms with Gasteiger partial charge in [0.05, 0.1) is 0 Å². The van der Waals surface area contributed by atoms with Crippen LogP contribution in [0.3, 0.4) is 0 Å². The first kappa shape index (κ1) is 9.26. The van der Waals surface area contributed by atoms with E-state index in [4.69, 9.17) is 8.06 Å². The van der Waals surface area contributed by atoms with Gasteiger partial charge in [0.15, 0.2) is 0 Å². The van der Waals surface area contributed by atoms with E-state index < -0.39 is 15.0 Å². The second-order valence-electron chi connectivity index (χ2n) is 2.18. The van der Waals surface area contributed by atoms with Gasteiger partial charge in [-0.25, -0.2) is 0 Å². The molecular weight excluding hydrogens is 163 g/mol. The molecule has 0 spiro atoms. The van der Waals surface area contributed by atoms with Crippen LogP contribution in [0.5, 0.6) is 0 Å². The van der Waals surface area contributed by atoms with Gasteiger partial charge >= 0.3 is 56.8 Å². The van der Waals surface area contributed by atoms with E-state index in [9.17, 15) is 3.67 Å². The van der Waals surface area contributed by atoms with Crippen LogP contribution in [0.15, 0.2) is 0 Å². The third kappa shape index (κ3) is 8.26. The molecule has 0 heterocycles. The third-order valence-electron chi connectivity index (χ3n) is 0.576. The maximum absolute atomic E-state index is 10.1. The quantitative estimate of drug-likeness (QED) is 0.626. The van der Waals surface area contributed by atoms with E-state index in [0.29, 0.717) is 0 Å². The molecule has 4 nitrogen and oxygen atoms in total. The standard InChI is InChI=1S/C4H9O.2H2O.O.V/c1-4(2)3-5;;;;/h4H,3H2,1-2H3;2*1H2;;/q-1;;;;+3/p-2. The molecule has 56 valence electrons. The molecule has 0 amide bonds. The fraction of sp³-hybridized carbons (Fsp3) is 1.00. The van der Waals surface area contributed by atoms with Crippen LogP contribution in [0, 0.1) is 5.92 Å². The van der Waals surface area contributed by atoms with E-state index >= 15 is 0 Å². The van der Waals surface area contributed by atoms with E-state index in [2.05, 4.69) is 3.66 Å². The average Bonchev–Trinajstić information content (AvgIpc) is 1.59. The van der Waals surface area contributed by atoms with Crippen molar-refractivity contribution in [1.29, 1.82) is 0 Å². The first-order valence-corrected chi connectivity index (χ1v) is 5.01. The van der Waals surface area contributed by atoms with E-state index in [0.717, 1.165) is 0 Å². The van der Waals surface area contributed by atoms with E-state index in [1.54, 1.807) is 0 Å². The van der Waals surface area contributed by atoms with Gasteiger partial charge in [-0.05, 0) is 0 Å². The van der Waals surface area contributed by atoms with Gasteiger partial charge in [-0.3, -0.25) is 0 Å². The molecule has 9 heavy (non-hydrogen) atoms. The third-order valence-corrected chi connectivity index (χ3v) is 1.33. The summed E-state index contributed by atoms with van der Waals surface area (Å²) in [5.41, 5.74) is 0. The minimum absolute atomic E-state index is 0.128. The number of hydrogen-bond acceptors (Lipinski definition) is 2. The summed E-state index contributed by atoms with van der Waals surface area (Å²) in [6, 6.07) is 0. The molecule has 0 rings (SSSR count). The Bertz CT molecular complexity index is 116. The Labute approximate surface area is 57.4 Å². The van der Waals surface area contributed by atoms with Gasteiger partial charge in [-0.2, -0.15) is 0 Å². The van der Waals surface area contributed by atoms with Crippen LogP contribution in [0.1, 0.15) is 13.8 Å². The Morgan fingerprint density at radius 1 is 1.56 bits per heavy atom. The fourth-order valence-electron chi connectivity index (χ4n) is 0.246. The zero-order chi connectivity index (χ0) is 7.49. The Hall–Kier alpha value is 0.264. The molecule has 0 aliphatic rings. The molecule has 0 saturated carbocycles. The molecular formula is C4H11O4V. The molecule has 0 radical (unpaired) electrons. The van der Waals surface area contributed by atoms with Crippen molar-refractivity contribution in [2.75, 3.05) is 6.61 Å². The molecule has 0 aliphatic heterocycles. The summed E-state index contributed by atoms with van der Waals surface area (Å²) in [6.45, 7) is 3.78. The first-order chi connectivity index (χ1) is 3.92. The van der Waals surface area contributed by atoms with Crippen molar-refractivity contribution < 1.29 is 30.4 Å². The molecule has 0 aromatic rings. The monoisotopic (exact) mass is 174 g/mol. The zero-order valence-corrected chi connectivity index (χ0v) is 6.84. The Morgan fingerprint density at radius 3 is 2.11 bits per heavy atom. The van der Waals surface area contributed by atoms with Crippen molar-refractivity contribution in [3.63, 3.8) is 0 Å². The van der Waals surface area contributed by atoms with Gasteiger partial charge in [0.2, 0.25) is 0 Å². The van der Waals surface area contributed by atoms with Crippen molar-refractivity contribution in [3.8, 4) is 0 Å². The van der Waals surface area contributed by atoms with Crippen LogP contribution in [0.4, 0.5) is 0 Å². The van der Waals surface area contributed by atoms with Gasteiger partial charge < -0.3 is 0 Å². The fourth-order valence-corrected chi connectivity index (χ4v) is 1.01. The van der Waals surface area contributed by atoms with Crippen LogP contribution in [-0.4, -0.2) is 14.7 Å². The van der Waals surface area contributed by atoms with Gasteiger partial charge in [-0.1, -0.05) is 0 Å². The Balaban J connectivity index is 3.40. The topological polar surface area (TPSA) is 66.8 Å². The second-order valence-corrected chi connectivity index (χ2v) is 4.12. The first-order valence-electron chi connectivity index (χ1n) is 2.62. The van der Waals surface area contributed by atoms with Crippen LogP contribution in [-0.2, 0) is 22.4 Å². The SMILES string of the molecule is CC(C)C[O][V](=[O])([OH])[OH]. The normalized spacial score (nSPS) is 12.6.